The number of rotatable bonds is 9. The number of carbonyl (C=O) groups is 3. The number of imide groups is 1. The third-order valence-electron chi connectivity index (χ3n) is 14.5. The summed E-state index contributed by atoms with van der Waals surface area (Å²) in [6.07, 6.45) is 8.41. The van der Waals surface area contributed by atoms with Crippen LogP contribution in [0.15, 0.2) is 83.9 Å². The summed E-state index contributed by atoms with van der Waals surface area (Å²) in [5, 5.41) is 3.51. The fraction of sp³-hybridized carbons (Fsp3) is 0.429. The number of aromatic nitrogens is 5. The quantitative estimate of drug-likeness (QED) is 0.192. The summed E-state index contributed by atoms with van der Waals surface area (Å²) in [4.78, 5) is 69.7. The molecule has 4 aliphatic heterocycles. The second kappa shape index (κ2) is 17.3. The van der Waals surface area contributed by atoms with E-state index >= 15 is 0 Å². The fourth-order valence-corrected chi connectivity index (χ4v) is 10.6. The van der Waals surface area contributed by atoms with Gasteiger partial charge in [-0.3, -0.25) is 38.6 Å². The van der Waals surface area contributed by atoms with Crippen LogP contribution in [0.5, 0.6) is 0 Å². The number of hydrogen-bond donors (Lipinski definition) is 2. The van der Waals surface area contributed by atoms with Crippen LogP contribution in [0.25, 0.3) is 33.2 Å². The van der Waals surface area contributed by atoms with Gasteiger partial charge in [-0.15, -0.1) is 0 Å². The summed E-state index contributed by atoms with van der Waals surface area (Å²) in [6.45, 7) is 9.18. The second-order valence-corrected chi connectivity index (χ2v) is 18.3. The number of piperidine rings is 3. The highest BCUT2D eigenvalue weighted by molar-refractivity contribution is 6.00. The number of benzene rings is 2. The van der Waals surface area contributed by atoms with Crippen LogP contribution >= 0.6 is 0 Å². The van der Waals surface area contributed by atoms with Crippen molar-refractivity contribution in [3.63, 3.8) is 0 Å². The smallest absolute Gasteiger partial charge is 0.329 e. The van der Waals surface area contributed by atoms with Crippen molar-refractivity contribution in [3.8, 4) is 11.1 Å². The number of nitrogens with zero attached hydrogens (tertiary/aromatic N) is 9. The average molecular weight is 864 g/mol. The summed E-state index contributed by atoms with van der Waals surface area (Å²) >= 11 is 0. The molecule has 0 aliphatic carbocycles. The Labute approximate surface area is 372 Å². The van der Waals surface area contributed by atoms with Crippen LogP contribution in [0.4, 0.5) is 11.5 Å². The number of nitrogens with two attached hydrogens (primary N) is 1. The molecule has 10 rings (SSSR count). The summed E-state index contributed by atoms with van der Waals surface area (Å²) in [5.41, 5.74) is 14.6. The number of nitrogens with one attached hydrogen (secondary N) is 1. The Morgan fingerprint density at radius 1 is 0.766 bits per heavy atom. The molecule has 4 saturated heterocycles. The third-order valence-corrected chi connectivity index (χ3v) is 14.5. The zero-order chi connectivity index (χ0) is 44.1. The summed E-state index contributed by atoms with van der Waals surface area (Å²) in [7, 11) is 3.84. The van der Waals surface area contributed by atoms with Crippen molar-refractivity contribution >= 4 is 51.3 Å². The lowest BCUT2D eigenvalue weighted by atomic mass is 9.88. The van der Waals surface area contributed by atoms with Crippen LogP contribution in [-0.4, -0.2) is 115 Å². The minimum Gasteiger partial charge on any atom is -0.384 e. The highest BCUT2D eigenvalue weighted by Crippen LogP contribution is 2.33. The third kappa shape index (κ3) is 8.06. The van der Waals surface area contributed by atoms with Gasteiger partial charge in [0.05, 0.1) is 11.0 Å². The fourth-order valence-electron chi connectivity index (χ4n) is 10.6. The number of aryl methyl sites for hydroxylation is 2. The Kier molecular flexibility index (Phi) is 11.3. The lowest BCUT2D eigenvalue weighted by Crippen LogP contribution is -2.49. The summed E-state index contributed by atoms with van der Waals surface area (Å²) in [5.74, 6) is 0.968. The van der Waals surface area contributed by atoms with Gasteiger partial charge in [0, 0.05) is 113 Å². The first-order chi connectivity index (χ1) is 31.1. The summed E-state index contributed by atoms with van der Waals surface area (Å²) in [6, 6.07) is 21.9. The lowest BCUT2D eigenvalue weighted by Gasteiger charge is -2.39. The molecule has 8 heterocycles. The van der Waals surface area contributed by atoms with Gasteiger partial charge in [-0.05, 0) is 123 Å². The van der Waals surface area contributed by atoms with Gasteiger partial charge in [0.2, 0.25) is 11.8 Å². The van der Waals surface area contributed by atoms with Gasteiger partial charge in [-0.25, -0.2) is 14.8 Å². The standard InChI is InChI=1S/C49H57N11O4/c1-54-38(27-40-39(13-18-51-46(40)54)36-7-11-44(50)52-29-36)31-56-19-16-34(17-20-56)33-3-5-35(6-4-33)48(63)59-21-14-32(15-22-59)30-57-23-25-58(26-24-57)37-8-9-41-43(28-37)55(2)49(64)60(41)42-10-12-45(61)53-47(42)62/h3-9,11,13,18,27-29,32,34,42H,10,12,14-17,19-26,30-31H2,1-2H3,(H2,50,52)(H,53,61,62). The van der Waals surface area contributed by atoms with Crippen molar-refractivity contribution in [3.05, 3.63) is 106 Å². The van der Waals surface area contributed by atoms with E-state index in [4.69, 9.17) is 10.7 Å². The molecule has 6 aromatic rings. The summed E-state index contributed by atoms with van der Waals surface area (Å²) < 4.78 is 5.34. The van der Waals surface area contributed by atoms with Crippen molar-refractivity contribution in [1.29, 1.82) is 0 Å². The predicted molar refractivity (Wildman–Crippen MR) is 248 cm³/mol. The predicted octanol–water partition coefficient (Wildman–Crippen LogP) is 4.90. The number of amides is 3. The van der Waals surface area contributed by atoms with Gasteiger partial charge in [-0.2, -0.15) is 0 Å². The zero-order valence-electron chi connectivity index (χ0n) is 36.8. The van der Waals surface area contributed by atoms with Crippen LogP contribution in [0.3, 0.4) is 0 Å². The first kappa shape index (κ1) is 41.7. The number of piperazine rings is 1. The normalized spacial score (nSPS) is 19.8. The van der Waals surface area contributed by atoms with Crippen LogP contribution in [0.1, 0.15) is 72.1 Å². The molecule has 3 amide bonds. The molecule has 1 atom stereocenters. The average Bonchev–Trinajstić information content (AvgIpc) is 3.77. The topological polar surface area (TPSA) is 160 Å². The number of fused-ring (bicyclic) bond motifs is 2. The molecule has 332 valence electrons. The molecule has 4 aliphatic rings. The van der Waals surface area contributed by atoms with E-state index in [1.165, 1.54) is 15.8 Å². The number of likely N-dealkylation sites (tertiary alicyclic amines) is 2. The molecule has 0 bridgehead atoms. The molecule has 15 nitrogen and oxygen atoms in total. The number of nitrogen functional groups attached to an aromatic ring is 1. The van der Waals surface area contributed by atoms with Crippen LogP contribution in [0.2, 0.25) is 0 Å². The number of hydrogen-bond acceptors (Lipinski definition) is 10. The first-order valence-electron chi connectivity index (χ1n) is 22.9. The van der Waals surface area contributed by atoms with Gasteiger partial charge in [-0.1, -0.05) is 12.1 Å². The minimum absolute atomic E-state index is 0.135. The second-order valence-electron chi connectivity index (χ2n) is 18.3. The molecule has 64 heavy (non-hydrogen) atoms. The molecule has 4 fully saturated rings. The van der Waals surface area contributed by atoms with Gasteiger partial charge >= 0.3 is 5.69 Å². The van der Waals surface area contributed by atoms with Gasteiger partial charge in [0.15, 0.2) is 0 Å². The Balaban J connectivity index is 0.677. The highest BCUT2D eigenvalue weighted by atomic mass is 16.2. The van der Waals surface area contributed by atoms with Crippen molar-refractivity contribution in [1.82, 2.24) is 43.7 Å². The van der Waals surface area contributed by atoms with E-state index in [9.17, 15) is 19.2 Å². The molecule has 15 heteroatoms. The monoisotopic (exact) mass is 863 g/mol. The lowest BCUT2D eigenvalue weighted by molar-refractivity contribution is -0.135. The van der Waals surface area contributed by atoms with Gasteiger partial charge in [0.1, 0.15) is 17.5 Å². The number of imidazole rings is 1. The SMILES string of the molecule is Cn1c(CN2CCC(c3ccc(C(=O)N4CCC(CN5CCN(c6ccc7c(c6)n(C)c(=O)n7C6CCC(=O)NC6=O)CC5)CC4)cc3)CC2)cc2c(-c3ccc(N)nc3)ccnc21. The molecule has 2 aromatic carbocycles. The van der Waals surface area contributed by atoms with E-state index in [0.29, 0.717) is 29.6 Å². The highest BCUT2D eigenvalue weighted by Gasteiger charge is 2.32. The molecular formula is C49H57N11O4. The Morgan fingerprint density at radius 2 is 1.53 bits per heavy atom. The van der Waals surface area contributed by atoms with E-state index in [1.54, 1.807) is 11.6 Å². The molecule has 4 aromatic heterocycles. The molecule has 3 N–H and O–H groups in total. The molecule has 0 radical (unpaired) electrons. The number of pyridine rings is 2. The van der Waals surface area contributed by atoms with Crippen molar-refractivity contribution in [2.75, 3.05) is 69.5 Å². The molecular weight excluding hydrogens is 807 g/mol. The van der Waals surface area contributed by atoms with Gasteiger partial charge < -0.3 is 20.1 Å². The van der Waals surface area contributed by atoms with Crippen molar-refractivity contribution in [2.45, 2.75) is 57.0 Å². The zero-order valence-corrected chi connectivity index (χ0v) is 36.8. The maximum Gasteiger partial charge on any atom is 0.329 e. The largest absolute Gasteiger partial charge is 0.384 e. The Bertz CT molecular complexity index is 2770. The Morgan fingerprint density at radius 3 is 2.25 bits per heavy atom. The van der Waals surface area contributed by atoms with Crippen molar-refractivity contribution < 1.29 is 14.4 Å². The van der Waals surface area contributed by atoms with E-state index in [-0.39, 0.29) is 23.9 Å². The minimum atomic E-state index is -0.691. The number of carbonyl (C=O) groups excluding carboxylic acids is 3. The first-order valence-corrected chi connectivity index (χ1v) is 22.9. The van der Waals surface area contributed by atoms with Crippen LogP contribution in [0, 0.1) is 5.92 Å². The van der Waals surface area contributed by atoms with E-state index in [2.05, 4.69) is 54.8 Å². The number of anilines is 2. The molecule has 1 unspecified atom stereocenters. The molecule has 0 saturated carbocycles. The van der Waals surface area contributed by atoms with E-state index < -0.39 is 11.9 Å². The van der Waals surface area contributed by atoms with Gasteiger partial charge in [0.25, 0.3) is 5.91 Å². The van der Waals surface area contributed by atoms with E-state index in [0.717, 1.165) is 130 Å². The van der Waals surface area contributed by atoms with Crippen LogP contribution in [-0.2, 0) is 30.2 Å². The Hall–Kier alpha value is -6.32. The maximum atomic E-state index is 13.6. The maximum absolute atomic E-state index is 13.6. The van der Waals surface area contributed by atoms with Crippen LogP contribution < -0.4 is 21.6 Å². The van der Waals surface area contributed by atoms with E-state index in [1.807, 2.05) is 65.8 Å². The van der Waals surface area contributed by atoms with Crippen molar-refractivity contribution in [2.24, 2.45) is 20.0 Å². The molecule has 0 spiro atoms.